The van der Waals surface area contributed by atoms with Gasteiger partial charge in [-0.25, -0.2) is 0 Å². The fourth-order valence-electron chi connectivity index (χ4n) is 2.06. The average molecular weight is 251 g/mol. The maximum atomic E-state index is 5.84. The highest BCUT2D eigenvalue weighted by atomic mass is 16.5. The van der Waals surface area contributed by atoms with Crippen molar-refractivity contribution in [2.45, 2.75) is 33.6 Å². The summed E-state index contributed by atoms with van der Waals surface area (Å²) in [4.78, 5) is 0. The summed E-state index contributed by atoms with van der Waals surface area (Å²) in [7, 11) is 0. The highest BCUT2D eigenvalue weighted by Crippen LogP contribution is 2.25. The van der Waals surface area contributed by atoms with E-state index in [1.54, 1.807) is 0 Å². The quantitative estimate of drug-likeness (QED) is 0.722. The van der Waals surface area contributed by atoms with E-state index in [0.717, 1.165) is 31.8 Å². The number of rotatable bonds is 8. The monoisotopic (exact) mass is 251 g/mol. The van der Waals surface area contributed by atoms with Crippen molar-refractivity contribution in [1.82, 2.24) is 0 Å². The molecule has 0 heterocycles. The van der Waals surface area contributed by atoms with Gasteiger partial charge in [-0.05, 0) is 50.4 Å². The molecule has 1 rings (SSSR count). The van der Waals surface area contributed by atoms with Gasteiger partial charge in [0, 0.05) is 19.6 Å². The van der Waals surface area contributed by atoms with Crippen molar-refractivity contribution in [3.05, 3.63) is 28.8 Å². The number of ether oxygens (including phenoxy) is 2. The Kier molecular flexibility index (Phi) is 6.76. The third kappa shape index (κ3) is 4.67. The lowest BCUT2D eigenvalue weighted by atomic mass is 10.0. The minimum absolute atomic E-state index is 0.688. The van der Waals surface area contributed by atoms with E-state index in [1.165, 1.54) is 16.7 Å². The fourth-order valence-corrected chi connectivity index (χ4v) is 2.06. The molecule has 0 amide bonds. The first-order chi connectivity index (χ1) is 8.69. The van der Waals surface area contributed by atoms with Crippen molar-refractivity contribution >= 4 is 0 Å². The fraction of sp³-hybridized carbons (Fsp3) is 0.600. The first kappa shape index (κ1) is 15.0. The van der Waals surface area contributed by atoms with Gasteiger partial charge in [-0.3, -0.25) is 0 Å². The lowest BCUT2D eigenvalue weighted by molar-refractivity contribution is 0.130. The molecule has 0 aliphatic carbocycles. The van der Waals surface area contributed by atoms with Crippen molar-refractivity contribution < 1.29 is 9.47 Å². The molecule has 1 aromatic rings. The van der Waals surface area contributed by atoms with E-state index >= 15 is 0 Å². The van der Waals surface area contributed by atoms with E-state index in [9.17, 15) is 0 Å². The molecule has 0 saturated carbocycles. The predicted molar refractivity (Wildman–Crippen MR) is 75.3 cm³/mol. The normalized spacial score (nSPS) is 10.7. The topological polar surface area (TPSA) is 44.5 Å². The van der Waals surface area contributed by atoms with Crippen LogP contribution in [0.15, 0.2) is 12.1 Å². The highest BCUT2D eigenvalue weighted by molar-refractivity contribution is 5.43. The molecule has 102 valence electrons. The minimum atomic E-state index is 0.688. The summed E-state index contributed by atoms with van der Waals surface area (Å²) in [6.45, 7) is 9.11. The SMILES string of the molecule is CCOCCCOc1c(C)cc(CCN)cc1C. The van der Waals surface area contributed by atoms with Crippen molar-refractivity contribution in [3.8, 4) is 5.75 Å². The first-order valence-electron chi connectivity index (χ1n) is 6.69. The number of nitrogens with two attached hydrogens (primary N) is 1. The van der Waals surface area contributed by atoms with E-state index in [-0.39, 0.29) is 0 Å². The summed E-state index contributed by atoms with van der Waals surface area (Å²) in [6, 6.07) is 4.33. The Hall–Kier alpha value is -1.06. The van der Waals surface area contributed by atoms with Crippen LogP contribution in [0.1, 0.15) is 30.0 Å². The Morgan fingerprint density at radius 1 is 1.11 bits per heavy atom. The molecule has 3 heteroatoms. The van der Waals surface area contributed by atoms with Crippen molar-refractivity contribution in [1.29, 1.82) is 0 Å². The van der Waals surface area contributed by atoms with E-state index < -0.39 is 0 Å². The summed E-state index contributed by atoms with van der Waals surface area (Å²) in [5.74, 6) is 1.01. The second-order valence-corrected chi connectivity index (χ2v) is 4.50. The second kappa shape index (κ2) is 8.11. The molecule has 0 bridgehead atoms. The Labute approximate surface area is 110 Å². The van der Waals surface area contributed by atoms with Gasteiger partial charge in [0.05, 0.1) is 6.61 Å². The molecular formula is C15H25NO2. The number of hydrogen-bond acceptors (Lipinski definition) is 3. The standard InChI is InChI=1S/C15H25NO2/c1-4-17-8-5-9-18-15-12(2)10-14(6-7-16)11-13(15)3/h10-11H,4-9,16H2,1-3H3. The van der Waals surface area contributed by atoms with Crippen LogP contribution < -0.4 is 10.5 Å². The van der Waals surface area contributed by atoms with E-state index in [1.807, 2.05) is 6.92 Å². The van der Waals surface area contributed by atoms with Gasteiger partial charge >= 0.3 is 0 Å². The van der Waals surface area contributed by atoms with Gasteiger partial charge in [-0.2, -0.15) is 0 Å². The molecule has 0 saturated heterocycles. The Balaban J connectivity index is 2.54. The van der Waals surface area contributed by atoms with Gasteiger partial charge in [0.2, 0.25) is 0 Å². The van der Waals surface area contributed by atoms with Crippen LogP contribution >= 0.6 is 0 Å². The minimum Gasteiger partial charge on any atom is -0.493 e. The van der Waals surface area contributed by atoms with Gasteiger partial charge < -0.3 is 15.2 Å². The molecule has 0 atom stereocenters. The Morgan fingerprint density at radius 3 is 2.33 bits per heavy atom. The smallest absolute Gasteiger partial charge is 0.125 e. The molecule has 0 unspecified atom stereocenters. The summed E-state index contributed by atoms with van der Waals surface area (Å²) in [5, 5.41) is 0. The maximum Gasteiger partial charge on any atom is 0.125 e. The number of aryl methyl sites for hydroxylation is 2. The second-order valence-electron chi connectivity index (χ2n) is 4.50. The summed E-state index contributed by atoms with van der Waals surface area (Å²) in [6.07, 6.45) is 1.85. The molecule has 1 aromatic carbocycles. The van der Waals surface area contributed by atoms with Gasteiger partial charge in [0.15, 0.2) is 0 Å². The van der Waals surface area contributed by atoms with Crippen LogP contribution in [0.4, 0.5) is 0 Å². The van der Waals surface area contributed by atoms with Crippen LogP contribution in [0.2, 0.25) is 0 Å². The molecule has 0 fully saturated rings. The molecule has 0 aromatic heterocycles. The third-order valence-corrected chi connectivity index (χ3v) is 2.84. The number of hydrogen-bond donors (Lipinski definition) is 1. The molecule has 18 heavy (non-hydrogen) atoms. The maximum absolute atomic E-state index is 5.84. The molecule has 0 radical (unpaired) electrons. The molecule has 3 nitrogen and oxygen atoms in total. The van der Waals surface area contributed by atoms with Crippen LogP contribution in [0, 0.1) is 13.8 Å². The van der Waals surface area contributed by atoms with Gasteiger partial charge in [0.1, 0.15) is 5.75 Å². The summed E-state index contributed by atoms with van der Waals surface area (Å²) < 4.78 is 11.1. The van der Waals surface area contributed by atoms with Crippen LogP contribution in [0.5, 0.6) is 5.75 Å². The van der Waals surface area contributed by atoms with Crippen molar-refractivity contribution in [2.75, 3.05) is 26.4 Å². The van der Waals surface area contributed by atoms with Crippen LogP contribution in [-0.4, -0.2) is 26.4 Å². The van der Waals surface area contributed by atoms with Crippen LogP contribution in [0.25, 0.3) is 0 Å². The molecule has 0 spiro atoms. The summed E-state index contributed by atoms with van der Waals surface area (Å²) in [5.41, 5.74) is 9.25. The number of benzene rings is 1. The lowest BCUT2D eigenvalue weighted by Gasteiger charge is -2.14. The zero-order valence-corrected chi connectivity index (χ0v) is 11.8. The van der Waals surface area contributed by atoms with E-state index in [2.05, 4.69) is 26.0 Å². The third-order valence-electron chi connectivity index (χ3n) is 2.84. The average Bonchev–Trinajstić information content (AvgIpc) is 2.32. The highest BCUT2D eigenvalue weighted by Gasteiger charge is 2.06. The molecule has 0 aliphatic rings. The zero-order chi connectivity index (χ0) is 13.4. The van der Waals surface area contributed by atoms with Gasteiger partial charge in [-0.1, -0.05) is 12.1 Å². The van der Waals surface area contributed by atoms with Crippen molar-refractivity contribution in [3.63, 3.8) is 0 Å². The molecular weight excluding hydrogens is 226 g/mol. The predicted octanol–water partition coefficient (Wildman–Crippen LogP) is 2.61. The summed E-state index contributed by atoms with van der Waals surface area (Å²) >= 11 is 0. The largest absolute Gasteiger partial charge is 0.493 e. The Bertz CT molecular complexity index is 341. The zero-order valence-electron chi connectivity index (χ0n) is 11.8. The van der Waals surface area contributed by atoms with Crippen LogP contribution in [0.3, 0.4) is 0 Å². The van der Waals surface area contributed by atoms with E-state index in [4.69, 9.17) is 15.2 Å². The van der Waals surface area contributed by atoms with Gasteiger partial charge in [0.25, 0.3) is 0 Å². The van der Waals surface area contributed by atoms with E-state index in [0.29, 0.717) is 13.2 Å². The molecule has 0 aliphatic heterocycles. The first-order valence-corrected chi connectivity index (χ1v) is 6.69. The molecule has 2 N–H and O–H groups in total. The van der Waals surface area contributed by atoms with Gasteiger partial charge in [-0.15, -0.1) is 0 Å². The van der Waals surface area contributed by atoms with Crippen molar-refractivity contribution in [2.24, 2.45) is 5.73 Å². The lowest BCUT2D eigenvalue weighted by Crippen LogP contribution is -2.06. The van der Waals surface area contributed by atoms with Crippen LogP contribution in [-0.2, 0) is 11.2 Å². The Morgan fingerprint density at radius 2 is 1.78 bits per heavy atom.